The van der Waals surface area contributed by atoms with Crippen molar-refractivity contribution in [3.05, 3.63) is 36.0 Å². The second kappa shape index (κ2) is 5.09. The number of nitrogens with zero attached hydrogens (tertiary/aromatic N) is 1. The van der Waals surface area contributed by atoms with Crippen LogP contribution in [0.2, 0.25) is 0 Å². The van der Waals surface area contributed by atoms with Gasteiger partial charge in [-0.15, -0.1) is 0 Å². The van der Waals surface area contributed by atoms with Crippen LogP contribution < -0.4 is 0 Å². The van der Waals surface area contributed by atoms with Gasteiger partial charge in [-0.1, -0.05) is 18.2 Å². The van der Waals surface area contributed by atoms with Gasteiger partial charge in [-0.2, -0.15) is 0 Å². The lowest BCUT2D eigenvalue weighted by Gasteiger charge is -2.38. The number of rotatable bonds is 2. The number of amides is 1. The van der Waals surface area contributed by atoms with E-state index in [2.05, 4.69) is 4.98 Å². The molecular weight excluding hydrogens is 312 g/mol. The molecule has 0 aliphatic carbocycles. The third-order valence-corrected chi connectivity index (χ3v) is 6.89. The standard InChI is InChI=1S/C17H20N2O3S/c1-23(21,22)14-9-12-6-7-13(10-14)19(12)17(20)16-8-11-4-2-3-5-15(11)18-16/h2-5,8,12-14,18H,6-7,9-10H2,1H3. The Kier molecular flexibility index (Phi) is 3.27. The molecule has 1 aromatic carbocycles. The molecule has 2 fully saturated rings. The first-order valence-electron chi connectivity index (χ1n) is 8.03. The van der Waals surface area contributed by atoms with E-state index in [4.69, 9.17) is 0 Å². The number of H-pyrrole nitrogens is 1. The Morgan fingerprint density at radius 1 is 1.17 bits per heavy atom. The summed E-state index contributed by atoms with van der Waals surface area (Å²) in [5.41, 5.74) is 1.55. The van der Waals surface area contributed by atoms with E-state index in [-0.39, 0.29) is 23.2 Å². The number of aromatic amines is 1. The van der Waals surface area contributed by atoms with Gasteiger partial charge in [0, 0.05) is 29.2 Å². The minimum Gasteiger partial charge on any atom is -0.351 e. The normalized spacial score (nSPS) is 27.5. The van der Waals surface area contributed by atoms with Crippen molar-refractivity contribution in [3.8, 4) is 0 Å². The zero-order chi connectivity index (χ0) is 16.2. The summed E-state index contributed by atoms with van der Waals surface area (Å²) in [5, 5.41) is 0.723. The number of sulfone groups is 1. The summed E-state index contributed by atoms with van der Waals surface area (Å²) < 4.78 is 23.7. The molecule has 1 amide bonds. The van der Waals surface area contributed by atoms with Crippen molar-refractivity contribution >= 4 is 26.6 Å². The number of carbonyl (C=O) groups excluding carboxylic acids is 1. The Morgan fingerprint density at radius 3 is 2.43 bits per heavy atom. The fraction of sp³-hybridized carbons (Fsp3) is 0.471. The van der Waals surface area contributed by atoms with Crippen LogP contribution in [0.1, 0.15) is 36.2 Å². The lowest BCUT2D eigenvalue weighted by molar-refractivity contribution is 0.0593. The summed E-state index contributed by atoms with van der Waals surface area (Å²) in [6, 6.07) is 9.81. The van der Waals surface area contributed by atoms with Crippen LogP contribution >= 0.6 is 0 Å². The molecule has 4 rings (SSSR count). The highest BCUT2D eigenvalue weighted by molar-refractivity contribution is 7.91. The van der Waals surface area contributed by atoms with E-state index < -0.39 is 9.84 Å². The van der Waals surface area contributed by atoms with Gasteiger partial charge in [-0.25, -0.2) is 8.42 Å². The molecule has 0 radical (unpaired) electrons. The molecule has 2 bridgehead atoms. The fourth-order valence-corrected chi connectivity index (χ4v) is 5.28. The van der Waals surface area contributed by atoms with Gasteiger partial charge < -0.3 is 9.88 Å². The molecule has 3 heterocycles. The van der Waals surface area contributed by atoms with Crippen molar-refractivity contribution < 1.29 is 13.2 Å². The molecule has 0 spiro atoms. The molecule has 2 saturated heterocycles. The lowest BCUT2D eigenvalue weighted by atomic mass is 10.0. The highest BCUT2D eigenvalue weighted by atomic mass is 32.2. The van der Waals surface area contributed by atoms with Crippen molar-refractivity contribution in [1.29, 1.82) is 0 Å². The van der Waals surface area contributed by atoms with Gasteiger partial charge in [0.2, 0.25) is 0 Å². The number of aromatic nitrogens is 1. The van der Waals surface area contributed by atoms with Crippen molar-refractivity contribution in [3.63, 3.8) is 0 Å². The molecule has 2 unspecified atom stereocenters. The molecule has 2 aliphatic rings. The molecule has 6 heteroatoms. The Bertz CT molecular complexity index is 824. The predicted octanol–water partition coefficient (Wildman–Crippen LogP) is 2.35. The summed E-state index contributed by atoms with van der Waals surface area (Å²) in [7, 11) is -3.03. The number of fused-ring (bicyclic) bond motifs is 3. The third kappa shape index (κ3) is 2.45. The molecule has 122 valence electrons. The molecule has 0 saturated carbocycles. The number of carbonyl (C=O) groups is 1. The molecule has 2 atom stereocenters. The Morgan fingerprint density at radius 2 is 1.83 bits per heavy atom. The smallest absolute Gasteiger partial charge is 0.270 e. The van der Waals surface area contributed by atoms with E-state index in [0.29, 0.717) is 18.5 Å². The second-order valence-electron chi connectivity index (χ2n) is 6.79. The summed E-state index contributed by atoms with van der Waals surface area (Å²) in [6.45, 7) is 0. The maximum absolute atomic E-state index is 12.9. The molecular formula is C17H20N2O3S. The van der Waals surface area contributed by atoms with Crippen LogP contribution in [0.3, 0.4) is 0 Å². The maximum Gasteiger partial charge on any atom is 0.270 e. The number of hydrogen-bond donors (Lipinski definition) is 1. The van der Waals surface area contributed by atoms with E-state index in [1.807, 2.05) is 35.2 Å². The van der Waals surface area contributed by atoms with Crippen LogP contribution in [-0.2, 0) is 9.84 Å². The van der Waals surface area contributed by atoms with Crippen molar-refractivity contribution in [2.75, 3.05) is 6.26 Å². The van der Waals surface area contributed by atoms with Crippen LogP contribution in [0.25, 0.3) is 10.9 Å². The average Bonchev–Trinajstić information content (AvgIpc) is 3.04. The summed E-state index contributed by atoms with van der Waals surface area (Å²) in [4.78, 5) is 18.0. The molecule has 1 aromatic heterocycles. The van der Waals surface area contributed by atoms with Crippen molar-refractivity contribution in [1.82, 2.24) is 9.88 Å². The quantitative estimate of drug-likeness (QED) is 0.918. The molecule has 5 nitrogen and oxygen atoms in total. The van der Waals surface area contributed by atoms with Gasteiger partial charge in [0.1, 0.15) is 15.5 Å². The van der Waals surface area contributed by atoms with E-state index in [1.165, 1.54) is 6.26 Å². The van der Waals surface area contributed by atoms with Gasteiger partial charge in [0.05, 0.1) is 5.25 Å². The summed E-state index contributed by atoms with van der Waals surface area (Å²) in [5.74, 6) is 0.000603. The Labute approximate surface area is 135 Å². The minimum atomic E-state index is -3.03. The van der Waals surface area contributed by atoms with Gasteiger partial charge >= 0.3 is 0 Å². The highest BCUT2D eigenvalue weighted by Gasteiger charge is 2.46. The zero-order valence-electron chi connectivity index (χ0n) is 13.0. The molecule has 2 aliphatic heterocycles. The summed E-state index contributed by atoms with van der Waals surface area (Å²) in [6.07, 6.45) is 4.26. The predicted molar refractivity (Wildman–Crippen MR) is 89.1 cm³/mol. The van der Waals surface area contributed by atoms with E-state index >= 15 is 0 Å². The third-order valence-electron chi connectivity index (χ3n) is 5.29. The first-order valence-corrected chi connectivity index (χ1v) is 9.98. The molecule has 2 aromatic rings. The first-order chi connectivity index (χ1) is 10.9. The largest absolute Gasteiger partial charge is 0.351 e. The average molecular weight is 332 g/mol. The number of hydrogen-bond acceptors (Lipinski definition) is 3. The summed E-state index contributed by atoms with van der Waals surface area (Å²) >= 11 is 0. The van der Waals surface area contributed by atoms with E-state index in [1.54, 1.807) is 0 Å². The van der Waals surface area contributed by atoms with Crippen LogP contribution in [0.15, 0.2) is 30.3 Å². The Hall–Kier alpha value is -1.82. The van der Waals surface area contributed by atoms with Gasteiger partial charge in [-0.05, 0) is 37.8 Å². The van der Waals surface area contributed by atoms with Crippen molar-refractivity contribution in [2.24, 2.45) is 0 Å². The Balaban J connectivity index is 1.62. The second-order valence-corrected chi connectivity index (χ2v) is 9.12. The monoisotopic (exact) mass is 332 g/mol. The number of benzene rings is 1. The van der Waals surface area contributed by atoms with Crippen LogP contribution in [0.4, 0.5) is 0 Å². The van der Waals surface area contributed by atoms with Gasteiger partial charge in [0.25, 0.3) is 5.91 Å². The molecule has 23 heavy (non-hydrogen) atoms. The minimum absolute atomic E-state index is 0.000603. The number of para-hydroxylation sites is 1. The van der Waals surface area contributed by atoms with Crippen LogP contribution in [0, 0.1) is 0 Å². The zero-order valence-corrected chi connectivity index (χ0v) is 13.8. The van der Waals surface area contributed by atoms with Crippen molar-refractivity contribution in [2.45, 2.75) is 43.0 Å². The SMILES string of the molecule is CS(=O)(=O)C1CC2CCC(C1)N2C(=O)c1cc2ccccc2[nH]1. The number of piperidine rings is 1. The number of nitrogens with one attached hydrogen (secondary N) is 1. The topological polar surface area (TPSA) is 70.2 Å². The van der Waals surface area contributed by atoms with Crippen LogP contribution in [0.5, 0.6) is 0 Å². The first kappa shape index (κ1) is 14.8. The fourth-order valence-electron chi connectivity index (χ4n) is 4.14. The highest BCUT2D eigenvalue weighted by Crippen LogP contribution is 2.39. The van der Waals surface area contributed by atoms with Crippen LogP contribution in [-0.4, -0.2) is 47.8 Å². The van der Waals surface area contributed by atoms with Gasteiger partial charge in [0.15, 0.2) is 0 Å². The van der Waals surface area contributed by atoms with E-state index in [9.17, 15) is 13.2 Å². The van der Waals surface area contributed by atoms with E-state index in [0.717, 1.165) is 23.7 Å². The molecule has 1 N–H and O–H groups in total. The maximum atomic E-state index is 12.9. The lowest BCUT2D eigenvalue weighted by Crippen LogP contribution is -2.49. The van der Waals surface area contributed by atoms with Gasteiger partial charge in [-0.3, -0.25) is 4.79 Å².